The number of ketones is 1. The minimum absolute atomic E-state index is 0.0728. The van der Waals surface area contributed by atoms with E-state index in [2.05, 4.69) is 15.6 Å². The van der Waals surface area contributed by atoms with Gasteiger partial charge in [0.1, 0.15) is 11.9 Å². The van der Waals surface area contributed by atoms with Crippen LogP contribution in [0.4, 0.5) is 20.3 Å². The zero-order chi connectivity index (χ0) is 24.7. The minimum atomic E-state index is -3.61. The van der Waals surface area contributed by atoms with Crippen LogP contribution in [0.2, 0.25) is 0 Å². The third kappa shape index (κ3) is 3.98. The van der Waals surface area contributed by atoms with Gasteiger partial charge in [-0.05, 0) is 35.6 Å². The fourth-order valence-corrected chi connectivity index (χ4v) is 4.57. The van der Waals surface area contributed by atoms with Gasteiger partial charge in [-0.3, -0.25) is 9.36 Å². The molecule has 0 saturated carbocycles. The number of nitrogens with zero attached hydrogens (tertiary/aromatic N) is 2. The average Bonchev–Trinajstić information content (AvgIpc) is 3.08. The summed E-state index contributed by atoms with van der Waals surface area (Å²) in [5, 5.41) is 17.9. The van der Waals surface area contributed by atoms with E-state index in [-0.39, 0.29) is 18.0 Å². The molecule has 0 unspecified atom stereocenters. The fourth-order valence-electron chi connectivity index (χ4n) is 4.57. The molecule has 8 nitrogen and oxygen atoms in total. The standard InChI is InChI=1S/C25H24F2N4O4/c1-2-18-22(33)25(26,27)23(35-18)31-13-10-19(30-24(31)34)29-12-11-28-16-8-6-14-4-3-5-15-7-9-17(32)21(16)20(14)15/h3-10,13,18,22-23,28,33H,2,11-12H2,1H3,(H,29,30,34)/t18-,22+,23-/m1/s1. The number of anilines is 2. The van der Waals surface area contributed by atoms with Crippen LogP contribution in [0.3, 0.4) is 0 Å². The number of aliphatic hydroxyl groups is 1. The first-order valence-corrected chi connectivity index (χ1v) is 11.4. The second-order valence-corrected chi connectivity index (χ2v) is 8.54. The van der Waals surface area contributed by atoms with Crippen LogP contribution in [-0.4, -0.2) is 51.7 Å². The van der Waals surface area contributed by atoms with Gasteiger partial charge < -0.3 is 20.5 Å². The van der Waals surface area contributed by atoms with Gasteiger partial charge in [-0.1, -0.05) is 37.3 Å². The number of aromatic nitrogens is 2. The maximum absolute atomic E-state index is 14.4. The van der Waals surface area contributed by atoms with E-state index in [4.69, 9.17) is 4.74 Å². The molecule has 5 rings (SSSR count). The molecule has 2 heterocycles. The Hall–Kier alpha value is -3.63. The van der Waals surface area contributed by atoms with Gasteiger partial charge in [0, 0.05) is 30.4 Å². The van der Waals surface area contributed by atoms with E-state index in [0.29, 0.717) is 28.9 Å². The largest absolute Gasteiger partial charge is 0.384 e. The first-order chi connectivity index (χ1) is 16.8. The first kappa shape index (κ1) is 23.1. The van der Waals surface area contributed by atoms with Crippen molar-refractivity contribution in [3.05, 3.63) is 70.3 Å². The Morgan fingerprint density at radius 3 is 2.66 bits per heavy atom. The van der Waals surface area contributed by atoms with Crippen molar-refractivity contribution in [2.45, 2.75) is 37.7 Å². The van der Waals surface area contributed by atoms with Crippen molar-refractivity contribution in [2.24, 2.45) is 0 Å². The lowest BCUT2D eigenvalue weighted by atomic mass is 9.91. The molecule has 1 aliphatic carbocycles. The summed E-state index contributed by atoms with van der Waals surface area (Å²) in [4.78, 5) is 28.8. The van der Waals surface area contributed by atoms with E-state index in [1.54, 1.807) is 13.0 Å². The number of nitrogens with one attached hydrogen (secondary N) is 2. The zero-order valence-electron chi connectivity index (χ0n) is 18.9. The number of alkyl halides is 2. The van der Waals surface area contributed by atoms with Crippen molar-refractivity contribution < 1.29 is 23.4 Å². The molecule has 2 aliphatic rings. The van der Waals surface area contributed by atoms with E-state index in [0.717, 1.165) is 16.3 Å². The molecule has 0 bridgehead atoms. The maximum Gasteiger partial charge on any atom is 0.351 e. The van der Waals surface area contributed by atoms with E-state index in [1.807, 2.05) is 36.4 Å². The summed E-state index contributed by atoms with van der Waals surface area (Å²) in [7, 11) is 0. The maximum atomic E-state index is 14.4. The third-order valence-corrected chi connectivity index (χ3v) is 6.35. The Balaban J connectivity index is 1.25. The Labute approximate surface area is 199 Å². The highest BCUT2D eigenvalue weighted by Gasteiger charge is 2.59. The second kappa shape index (κ2) is 8.86. The van der Waals surface area contributed by atoms with Crippen LogP contribution in [0.5, 0.6) is 0 Å². The molecular formula is C25H24F2N4O4. The molecule has 1 fully saturated rings. The molecule has 0 spiro atoms. The summed E-state index contributed by atoms with van der Waals surface area (Å²) in [5.41, 5.74) is 1.39. The van der Waals surface area contributed by atoms with Crippen molar-refractivity contribution in [1.82, 2.24) is 9.55 Å². The van der Waals surface area contributed by atoms with Crippen LogP contribution >= 0.6 is 0 Å². The first-order valence-electron chi connectivity index (χ1n) is 11.4. The van der Waals surface area contributed by atoms with Crippen LogP contribution in [0.1, 0.15) is 35.5 Å². The molecule has 1 aliphatic heterocycles. The topological polar surface area (TPSA) is 105 Å². The number of carbonyl (C=O) groups excluding carboxylic acids is 1. The molecule has 3 aromatic rings. The molecule has 3 atom stereocenters. The van der Waals surface area contributed by atoms with Crippen LogP contribution in [0.15, 0.2) is 53.5 Å². The van der Waals surface area contributed by atoms with Crippen LogP contribution in [0.25, 0.3) is 16.8 Å². The number of halogens is 2. The van der Waals surface area contributed by atoms with E-state index in [1.165, 1.54) is 12.3 Å². The van der Waals surface area contributed by atoms with Gasteiger partial charge in [0.25, 0.3) is 0 Å². The molecule has 0 radical (unpaired) electrons. The molecule has 1 aromatic heterocycles. The van der Waals surface area contributed by atoms with Gasteiger partial charge in [-0.25, -0.2) is 4.79 Å². The number of hydrogen-bond donors (Lipinski definition) is 3. The lowest BCUT2D eigenvalue weighted by molar-refractivity contribution is -0.140. The Morgan fingerprint density at radius 2 is 1.91 bits per heavy atom. The molecule has 35 heavy (non-hydrogen) atoms. The summed E-state index contributed by atoms with van der Waals surface area (Å²) >= 11 is 0. The van der Waals surface area contributed by atoms with Crippen LogP contribution in [0, 0.1) is 0 Å². The molecule has 1 saturated heterocycles. The number of hydrogen-bond acceptors (Lipinski definition) is 7. The predicted molar refractivity (Wildman–Crippen MR) is 128 cm³/mol. The minimum Gasteiger partial charge on any atom is -0.384 e. The SMILES string of the molecule is CC[C@H]1O[C@@H](n2ccc(NCCNc3ccc4cccc5c4c3C(=O)C=C5)nc2=O)C(F)(F)[C@H]1O. The highest BCUT2D eigenvalue weighted by atomic mass is 19.3. The average molecular weight is 482 g/mol. The smallest absolute Gasteiger partial charge is 0.351 e. The number of ether oxygens (including phenoxy) is 1. The summed E-state index contributed by atoms with van der Waals surface area (Å²) in [5.74, 6) is -3.47. The second-order valence-electron chi connectivity index (χ2n) is 8.54. The van der Waals surface area contributed by atoms with Crippen LogP contribution < -0.4 is 16.3 Å². The number of allylic oxidation sites excluding steroid dienone is 1. The van der Waals surface area contributed by atoms with E-state index in [9.17, 15) is 23.5 Å². The van der Waals surface area contributed by atoms with Crippen LogP contribution in [-0.2, 0) is 4.74 Å². The Morgan fingerprint density at radius 1 is 1.11 bits per heavy atom. The van der Waals surface area contributed by atoms with Crippen molar-refractivity contribution in [3.8, 4) is 0 Å². The van der Waals surface area contributed by atoms with Gasteiger partial charge in [-0.2, -0.15) is 13.8 Å². The van der Waals surface area contributed by atoms with Crippen molar-refractivity contribution >= 4 is 34.1 Å². The summed E-state index contributed by atoms with van der Waals surface area (Å²) in [6.07, 6.45) is -0.250. The van der Waals surface area contributed by atoms with Gasteiger partial charge in [0.15, 0.2) is 5.78 Å². The molecule has 3 N–H and O–H groups in total. The summed E-state index contributed by atoms with van der Waals surface area (Å²) in [6, 6.07) is 11.1. The van der Waals surface area contributed by atoms with E-state index < -0.39 is 30.0 Å². The van der Waals surface area contributed by atoms with Crippen molar-refractivity contribution in [3.63, 3.8) is 0 Å². The van der Waals surface area contributed by atoms with Gasteiger partial charge in [-0.15, -0.1) is 0 Å². The fraction of sp³-hybridized carbons (Fsp3) is 0.320. The molecular weight excluding hydrogens is 458 g/mol. The molecule has 0 amide bonds. The Bertz CT molecular complexity index is 1390. The summed E-state index contributed by atoms with van der Waals surface area (Å²) in [6.45, 7) is 2.38. The third-order valence-electron chi connectivity index (χ3n) is 6.35. The predicted octanol–water partition coefficient (Wildman–Crippen LogP) is 3.43. The number of carbonyl (C=O) groups is 1. The number of aliphatic hydroxyl groups excluding tert-OH is 1. The quantitative estimate of drug-likeness (QED) is 0.443. The Kier molecular flexibility index (Phi) is 5.86. The molecule has 2 aromatic carbocycles. The lowest BCUT2D eigenvalue weighted by Crippen LogP contribution is -2.41. The monoisotopic (exact) mass is 482 g/mol. The van der Waals surface area contributed by atoms with Gasteiger partial charge in [0.05, 0.1) is 11.7 Å². The lowest BCUT2D eigenvalue weighted by Gasteiger charge is -2.21. The molecule has 10 heteroatoms. The number of benzene rings is 2. The highest BCUT2D eigenvalue weighted by molar-refractivity contribution is 6.23. The van der Waals surface area contributed by atoms with E-state index >= 15 is 0 Å². The zero-order valence-corrected chi connectivity index (χ0v) is 18.9. The van der Waals surface area contributed by atoms with Gasteiger partial charge >= 0.3 is 11.6 Å². The highest BCUT2D eigenvalue weighted by Crippen LogP contribution is 2.43. The number of rotatable bonds is 7. The van der Waals surface area contributed by atoms with Gasteiger partial charge in [0.2, 0.25) is 6.23 Å². The van der Waals surface area contributed by atoms with Crippen molar-refractivity contribution in [1.29, 1.82) is 0 Å². The van der Waals surface area contributed by atoms with Crippen molar-refractivity contribution in [2.75, 3.05) is 23.7 Å². The normalized spacial score (nSPS) is 22.5. The summed E-state index contributed by atoms with van der Waals surface area (Å²) < 4.78 is 34.8. The molecule has 182 valence electrons.